The first kappa shape index (κ1) is 11.0. The molecule has 2 aliphatic rings. The molecule has 2 saturated carbocycles. The Bertz CT molecular complexity index is 371. The van der Waals surface area contributed by atoms with Crippen LogP contribution >= 0.6 is 0 Å². The molecular formula is C14H21N3. The third-order valence-corrected chi connectivity index (χ3v) is 4.06. The fraction of sp³-hybridized carbons (Fsp3) is 0.714. The summed E-state index contributed by atoms with van der Waals surface area (Å²) >= 11 is 0. The van der Waals surface area contributed by atoms with Crippen LogP contribution in [0.1, 0.15) is 38.3 Å². The number of anilines is 1. The molecule has 1 aromatic rings. The van der Waals surface area contributed by atoms with Gasteiger partial charge in [0.25, 0.3) is 0 Å². The Balaban J connectivity index is 1.58. The van der Waals surface area contributed by atoms with Crippen molar-refractivity contribution in [2.75, 3.05) is 11.9 Å². The summed E-state index contributed by atoms with van der Waals surface area (Å²) in [7, 11) is 0. The fourth-order valence-corrected chi connectivity index (χ4v) is 2.68. The maximum Gasteiger partial charge on any atom is 0.129 e. The SMILES string of the molecule is CCc1cc(NCC(C2CC2)C2CC2)ncn1. The van der Waals surface area contributed by atoms with Crippen LogP contribution in [0, 0.1) is 17.8 Å². The Morgan fingerprint density at radius 3 is 2.53 bits per heavy atom. The summed E-state index contributed by atoms with van der Waals surface area (Å²) in [6, 6.07) is 2.08. The highest BCUT2D eigenvalue weighted by molar-refractivity contribution is 5.35. The van der Waals surface area contributed by atoms with Gasteiger partial charge in [-0.2, -0.15) is 0 Å². The van der Waals surface area contributed by atoms with Gasteiger partial charge in [-0.1, -0.05) is 6.92 Å². The van der Waals surface area contributed by atoms with Gasteiger partial charge in [-0.05, 0) is 49.9 Å². The fourth-order valence-electron chi connectivity index (χ4n) is 2.68. The topological polar surface area (TPSA) is 37.8 Å². The first-order valence-electron chi connectivity index (χ1n) is 6.91. The molecule has 0 spiro atoms. The quantitative estimate of drug-likeness (QED) is 0.818. The van der Waals surface area contributed by atoms with E-state index in [1.807, 2.05) is 0 Å². The van der Waals surface area contributed by atoms with E-state index in [9.17, 15) is 0 Å². The third kappa shape index (κ3) is 2.76. The second kappa shape index (κ2) is 4.63. The van der Waals surface area contributed by atoms with Gasteiger partial charge in [-0.15, -0.1) is 0 Å². The van der Waals surface area contributed by atoms with Crippen LogP contribution in [0.5, 0.6) is 0 Å². The summed E-state index contributed by atoms with van der Waals surface area (Å²) < 4.78 is 0. The van der Waals surface area contributed by atoms with Gasteiger partial charge in [-0.3, -0.25) is 0 Å². The van der Waals surface area contributed by atoms with E-state index in [2.05, 4.69) is 28.3 Å². The molecule has 1 heterocycles. The molecule has 17 heavy (non-hydrogen) atoms. The Kier molecular flexibility index (Phi) is 3.00. The van der Waals surface area contributed by atoms with Crippen molar-refractivity contribution in [2.24, 2.45) is 17.8 Å². The van der Waals surface area contributed by atoms with E-state index >= 15 is 0 Å². The third-order valence-electron chi connectivity index (χ3n) is 4.06. The van der Waals surface area contributed by atoms with Crippen molar-refractivity contribution in [1.82, 2.24) is 9.97 Å². The molecule has 3 nitrogen and oxygen atoms in total. The number of rotatable bonds is 6. The summed E-state index contributed by atoms with van der Waals surface area (Å²) in [4.78, 5) is 8.53. The van der Waals surface area contributed by atoms with Crippen LogP contribution in [0.2, 0.25) is 0 Å². The maximum absolute atomic E-state index is 4.30. The van der Waals surface area contributed by atoms with Crippen LogP contribution < -0.4 is 5.32 Å². The smallest absolute Gasteiger partial charge is 0.129 e. The summed E-state index contributed by atoms with van der Waals surface area (Å²) in [6.45, 7) is 3.23. The largest absolute Gasteiger partial charge is 0.370 e. The molecule has 0 saturated heterocycles. The predicted molar refractivity (Wildman–Crippen MR) is 68.8 cm³/mol. The van der Waals surface area contributed by atoms with Crippen LogP contribution in [-0.2, 0) is 6.42 Å². The Morgan fingerprint density at radius 1 is 1.24 bits per heavy atom. The molecule has 3 rings (SSSR count). The highest BCUT2D eigenvalue weighted by Gasteiger charge is 2.40. The zero-order valence-electron chi connectivity index (χ0n) is 10.5. The van der Waals surface area contributed by atoms with Crippen LogP contribution in [0.3, 0.4) is 0 Å². The van der Waals surface area contributed by atoms with Crippen LogP contribution in [-0.4, -0.2) is 16.5 Å². The summed E-state index contributed by atoms with van der Waals surface area (Å²) in [5.41, 5.74) is 1.12. The van der Waals surface area contributed by atoms with E-state index in [1.165, 1.54) is 25.7 Å². The molecule has 0 aliphatic heterocycles. The van der Waals surface area contributed by atoms with Gasteiger partial charge in [-0.25, -0.2) is 9.97 Å². The average molecular weight is 231 g/mol. The van der Waals surface area contributed by atoms with Gasteiger partial charge in [0.05, 0.1) is 0 Å². The van der Waals surface area contributed by atoms with Gasteiger partial charge in [0.2, 0.25) is 0 Å². The lowest BCUT2D eigenvalue weighted by Crippen LogP contribution is -2.18. The van der Waals surface area contributed by atoms with Gasteiger partial charge >= 0.3 is 0 Å². The molecule has 0 amide bonds. The van der Waals surface area contributed by atoms with Gasteiger partial charge in [0.1, 0.15) is 12.1 Å². The van der Waals surface area contributed by atoms with Gasteiger partial charge in [0, 0.05) is 18.3 Å². The summed E-state index contributed by atoms with van der Waals surface area (Å²) in [5.74, 6) is 3.91. The standard InChI is InChI=1S/C14H21N3/c1-2-12-7-14(17-9-16-12)15-8-13(10-3-4-10)11-5-6-11/h7,9-11,13H,2-6,8H2,1H3,(H,15,16,17). The summed E-state index contributed by atoms with van der Waals surface area (Å²) in [5, 5.41) is 3.51. The van der Waals surface area contributed by atoms with E-state index in [0.717, 1.165) is 42.2 Å². The number of aromatic nitrogens is 2. The van der Waals surface area contributed by atoms with Crippen LogP contribution in [0.25, 0.3) is 0 Å². The average Bonchev–Trinajstić information content (AvgIpc) is 3.22. The Hall–Kier alpha value is -1.12. The molecule has 0 unspecified atom stereocenters. The normalized spacial score (nSPS) is 19.6. The number of aryl methyl sites for hydroxylation is 1. The summed E-state index contributed by atoms with van der Waals surface area (Å²) in [6.07, 6.45) is 8.45. The second-order valence-electron chi connectivity index (χ2n) is 5.47. The minimum absolute atomic E-state index is 0.898. The molecule has 0 radical (unpaired) electrons. The van der Waals surface area contributed by atoms with Crippen molar-refractivity contribution in [3.63, 3.8) is 0 Å². The maximum atomic E-state index is 4.30. The number of hydrogen-bond acceptors (Lipinski definition) is 3. The zero-order valence-corrected chi connectivity index (χ0v) is 10.5. The zero-order chi connectivity index (χ0) is 11.7. The van der Waals surface area contributed by atoms with Crippen molar-refractivity contribution in [1.29, 1.82) is 0 Å². The number of hydrogen-bond donors (Lipinski definition) is 1. The van der Waals surface area contributed by atoms with E-state index < -0.39 is 0 Å². The lowest BCUT2D eigenvalue weighted by Gasteiger charge is -2.16. The Labute approximate surface area is 103 Å². The first-order valence-corrected chi connectivity index (χ1v) is 6.91. The van der Waals surface area contributed by atoms with Gasteiger partial charge < -0.3 is 5.32 Å². The monoisotopic (exact) mass is 231 g/mol. The minimum atomic E-state index is 0.898. The highest BCUT2D eigenvalue weighted by atomic mass is 15.0. The van der Waals surface area contributed by atoms with E-state index in [-0.39, 0.29) is 0 Å². The van der Waals surface area contributed by atoms with E-state index in [0.29, 0.717) is 0 Å². The van der Waals surface area contributed by atoms with Crippen molar-refractivity contribution in [3.8, 4) is 0 Å². The van der Waals surface area contributed by atoms with Crippen LogP contribution in [0.4, 0.5) is 5.82 Å². The molecule has 0 bridgehead atoms. The molecule has 1 N–H and O–H groups in total. The highest BCUT2D eigenvalue weighted by Crippen LogP contribution is 2.49. The Morgan fingerprint density at radius 2 is 1.94 bits per heavy atom. The molecule has 92 valence electrons. The van der Waals surface area contributed by atoms with E-state index in [4.69, 9.17) is 0 Å². The molecule has 0 atom stereocenters. The van der Waals surface area contributed by atoms with Crippen molar-refractivity contribution >= 4 is 5.82 Å². The molecule has 2 fully saturated rings. The predicted octanol–water partition coefficient (Wildman–Crippen LogP) is 2.89. The molecule has 1 aromatic heterocycles. The lowest BCUT2D eigenvalue weighted by molar-refractivity contribution is 0.427. The molecule has 2 aliphatic carbocycles. The van der Waals surface area contributed by atoms with Crippen molar-refractivity contribution in [3.05, 3.63) is 18.1 Å². The van der Waals surface area contributed by atoms with Crippen LogP contribution in [0.15, 0.2) is 12.4 Å². The minimum Gasteiger partial charge on any atom is -0.370 e. The molecule has 3 heteroatoms. The lowest BCUT2D eigenvalue weighted by atomic mass is 9.98. The van der Waals surface area contributed by atoms with Crippen molar-refractivity contribution < 1.29 is 0 Å². The second-order valence-corrected chi connectivity index (χ2v) is 5.47. The van der Waals surface area contributed by atoms with Gasteiger partial charge in [0.15, 0.2) is 0 Å². The molecule has 0 aromatic carbocycles. The number of nitrogens with one attached hydrogen (secondary N) is 1. The number of nitrogens with zero attached hydrogens (tertiary/aromatic N) is 2. The first-order chi connectivity index (χ1) is 8.36. The van der Waals surface area contributed by atoms with E-state index in [1.54, 1.807) is 6.33 Å². The van der Waals surface area contributed by atoms with Crippen molar-refractivity contribution in [2.45, 2.75) is 39.0 Å². The molecular weight excluding hydrogens is 210 g/mol.